The number of aromatic carboxylic acids is 1. The van der Waals surface area contributed by atoms with Crippen LogP contribution < -0.4 is 10.1 Å². The summed E-state index contributed by atoms with van der Waals surface area (Å²) in [5.74, 6) is -0.553. The number of nitrogens with one attached hydrogen (secondary N) is 1. The highest BCUT2D eigenvalue weighted by Crippen LogP contribution is 2.20. The topological polar surface area (TPSA) is 84.9 Å². The maximum absolute atomic E-state index is 11.6. The molecule has 0 fully saturated rings. The number of hydrogen-bond acceptors (Lipinski definition) is 4. The first-order chi connectivity index (χ1) is 10.4. The van der Waals surface area contributed by atoms with Gasteiger partial charge in [0.25, 0.3) is 0 Å². The van der Waals surface area contributed by atoms with Gasteiger partial charge < -0.3 is 19.9 Å². The van der Waals surface area contributed by atoms with E-state index in [4.69, 9.17) is 14.6 Å². The molecule has 0 aliphatic heterocycles. The normalized spacial score (nSPS) is 10.5. The zero-order valence-electron chi connectivity index (χ0n) is 13.2. The molecule has 22 heavy (non-hydrogen) atoms. The van der Waals surface area contributed by atoms with Crippen LogP contribution in [0.1, 0.15) is 36.2 Å². The average molecular weight is 309 g/mol. The van der Waals surface area contributed by atoms with Crippen molar-refractivity contribution in [3.05, 3.63) is 29.3 Å². The molecular weight excluding hydrogens is 286 g/mol. The van der Waals surface area contributed by atoms with Gasteiger partial charge in [-0.05, 0) is 38.0 Å². The summed E-state index contributed by atoms with van der Waals surface area (Å²) in [5.41, 5.74) is 1.03. The van der Waals surface area contributed by atoms with Crippen molar-refractivity contribution in [3.8, 4) is 5.75 Å². The first-order valence-corrected chi connectivity index (χ1v) is 7.22. The zero-order chi connectivity index (χ0) is 16.5. The van der Waals surface area contributed by atoms with E-state index in [2.05, 4.69) is 5.32 Å². The molecular formula is C16H23NO5. The van der Waals surface area contributed by atoms with E-state index in [1.54, 1.807) is 6.07 Å². The van der Waals surface area contributed by atoms with Gasteiger partial charge in [0, 0.05) is 13.0 Å². The molecule has 6 heteroatoms. The van der Waals surface area contributed by atoms with E-state index in [9.17, 15) is 9.59 Å². The van der Waals surface area contributed by atoms with Gasteiger partial charge in [-0.3, -0.25) is 4.79 Å². The van der Waals surface area contributed by atoms with Gasteiger partial charge in [-0.1, -0.05) is 6.07 Å². The summed E-state index contributed by atoms with van der Waals surface area (Å²) >= 11 is 0. The van der Waals surface area contributed by atoms with Crippen molar-refractivity contribution in [2.45, 2.75) is 32.8 Å². The molecule has 2 N–H and O–H groups in total. The van der Waals surface area contributed by atoms with Crippen LogP contribution in [0.15, 0.2) is 18.2 Å². The molecule has 1 rings (SSSR count). The van der Waals surface area contributed by atoms with Crippen molar-refractivity contribution >= 4 is 11.9 Å². The van der Waals surface area contributed by atoms with E-state index in [0.717, 1.165) is 5.56 Å². The van der Waals surface area contributed by atoms with Crippen molar-refractivity contribution in [1.82, 2.24) is 5.32 Å². The van der Waals surface area contributed by atoms with E-state index in [1.807, 2.05) is 13.8 Å². The third-order valence-electron chi connectivity index (χ3n) is 3.03. The minimum atomic E-state index is -0.997. The number of methoxy groups -OCH3 is 1. The monoisotopic (exact) mass is 309 g/mol. The maximum Gasteiger partial charge on any atom is 0.335 e. The fourth-order valence-electron chi connectivity index (χ4n) is 1.90. The summed E-state index contributed by atoms with van der Waals surface area (Å²) < 4.78 is 10.5. The van der Waals surface area contributed by atoms with Gasteiger partial charge in [-0.2, -0.15) is 0 Å². The lowest BCUT2D eigenvalue weighted by Gasteiger charge is -2.11. The lowest BCUT2D eigenvalue weighted by molar-refractivity contribution is -0.122. The molecule has 0 bridgehead atoms. The minimum absolute atomic E-state index is 0.0678. The average Bonchev–Trinajstić information content (AvgIpc) is 2.46. The Morgan fingerprint density at radius 2 is 2.05 bits per heavy atom. The molecule has 1 aromatic rings. The Bertz CT molecular complexity index is 513. The summed E-state index contributed by atoms with van der Waals surface area (Å²) in [6.07, 6.45) is 1.01. The van der Waals surface area contributed by atoms with Gasteiger partial charge in [0.1, 0.15) is 5.75 Å². The summed E-state index contributed by atoms with van der Waals surface area (Å²) in [5, 5.41) is 11.7. The molecule has 0 aliphatic carbocycles. The van der Waals surface area contributed by atoms with Crippen LogP contribution in [0.2, 0.25) is 0 Å². The van der Waals surface area contributed by atoms with Crippen LogP contribution in [0.3, 0.4) is 0 Å². The number of benzene rings is 1. The van der Waals surface area contributed by atoms with Crippen molar-refractivity contribution in [3.63, 3.8) is 0 Å². The Balaban J connectivity index is 2.44. The van der Waals surface area contributed by atoms with Crippen molar-refractivity contribution < 1.29 is 24.2 Å². The van der Waals surface area contributed by atoms with Gasteiger partial charge in [0.2, 0.25) is 5.91 Å². The summed E-state index contributed by atoms with van der Waals surface area (Å²) in [6, 6.07) is 4.71. The van der Waals surface area contributed by atoms with E-state index >= 15 is 0 Å². The molecule has 1 aromatic carbocycles. The van der Waals surface area contributed by atoms with Gasteiger partial charge in [-0.15, -0.1) is 0 Å². The van der Waals surface area contributed by atoms with Crippen molar-refractivity contribution in [1.29, 1.82) is 0 Å². The molecule has 0 atom stereocenters. The number of carbonyl (C=O) groups excluding carboxylic acids is 1. The maximum atomic E-state index is 11.6. The number of carboxylic acids is 1. The number of carboxylic acid groups (broad SMARTS) is 1. The number of ether oxygens (including phenoxy) is 2. The first-order valence-electron chi connectivity index (χ1n) is 7.22. The summed E-state index contributed by atoms with van der Waals surface area (Å²) in [4.78, 5) is 22.5. The standard InChI is InChI=1S/C16H23NO5/c1-11(2)22-9-7-15(18)17-8-6-12-4-5-13(16(19)20)10-14(12)21-3/h4-5,10-11H,6-9H2,1-3H3,(H,17,18)(H,19,20). The Hall–Kier alpha value is -2.08. The van der Waals surface area contributed by atoms with E-state index < -0.39 is 5.97 Å². The number of carbonyl (C=O) groups is 2. The fourth-order valence-corrected chi connectivity index (χ4v) is 1.90. The number of amides is 1. The van der Waals surface area contributed by atoms with Crippen LogP contribution in [0, 0.1) is 0 Å². The fraction of sp³-hybridized carbons (Fsp3) is 0.500. The molecule has 0 spiro atoms. The van der Waals surface area contributed by atoms with E-state index in [1.165, 1.54) is 19.2 Å². The molecule has 122 valence electrons. The predicted molar refractivity (Wildman–Crippen MR) is 82.4 cm³/mol. The Kier molecular flexibility index (Phi) is 7.39. The molecule has 0 aromatic heterocycles. The van der Waals surface area contributed by atoms with Gasteiger partial charge >= 0.3 is 5.97 Å². The summed E-state index contributed by atoms with van der Waals surface area (Å²) in [7, 11) is 1.49. The quantitative estimate of drug-likeness (QED) is 0.727. The van der Waals surface area contributed by atoms with Gasteiger partial charge in [0.05, 0.1) is 25.4 Å². The van der Waals surface area contributed by atoms with Crippen molar-refractivity contribution in [2.75, 3.05) is 20.3 Å². The number of hydrogen-bond donors (Lipinski definition) is 2. The highest BCUT2D eigenvalue weighted by molar-refractivity contribution is 5.88. The van der Waals surface area contributed by atoms with Gasteiger partial charge in [-0.25, -0.2) is 4.79 Å². The van der Waals surface area contributed by atoms with Crippen LogP contribution in [-0.2, 0) is 16.0 Å². The van der Waals surface area contributed by atoms with Crippen LogP contribution in [0.4, 0.5) is 0 Å². The highest BCUT2D eigenvalue weighted by atomic mass is 16.5. The third kappa shape index (κ3) is 6.13. The predicted octanol–water partition coefficient (Wildman–Crippen LogP) is 1.87. The van der Waals surface area contributed by atoms with Crippen LogP contribution in [0.25, 0.3) is 0 Å². The minimum Gasteiger partial charge on any atom is -0.496 e. The smallest absolute Gasteiger partial charge is 0.335 e. The molecule has 0 unspecified atom stereocenters. The second-order valence-electron chi connectivity index (χ2n) is 5.10. The lowest BCUT2D eigenvalue weighted by atomic mass is 10.1. The lowest BCUT2D eigenvalue weighted by Crippen LogP contribution is -2.27. The SMILES string of the molecule is COc1cc(C(=O)O)ccc1CCNC(=O)CCOC(C)C. The molecule has 0 radical (unpaired) electrons. The first kappa shape index (κ1) is 18.0. The Morgan fingerprint density at radius 3 is 2.64 bits per heavy atom. The Morgan fingerprint density at radius 1 is 1.32 bits per heavy atom. The van der Waals surface area contributed by atoms with Crippen LogP contribution >= 0.6 is 0 Å². The van der Waals surface area contributed by atoms with E-state index in [0.29, 0.717) is 31.7 Å². The molecule has 1 amide bonds. The third-order valence-corrected chi connectivity index (χ3v) is 3.03. The molecule has 0 heterocycles. The second kappa shape index (κ2) is 9.04. The van der Waals surface area contributed by atoms with Crippen molar-refractivity contribution in [2.24, 2.45) is 0 Å². The Labute approximate surface area is 130 Å². The molecule has 0 saturated carbocycles. The zero-order valence-corrected chi connectivity index (χ0v) is 13.2. The highest BCUT2D eigenvalue weighted by Gasteiger charge is 2.09. The molecule has 0 aliphatic rings. The van der Waals surface area contributed by atoms with Gasteiger partial charge in [0.15, 0.2) is 0 Å². The largest absolute Gasteiger partial charge is 0.496 e. The second-order valence-corrected chi connectivity index (χ2v) is 5.10. The summed E-state index contributed by atoms with van der Waals surface area (Å²) in [6.45, 7) is 4.71. The van der Waals surface area contributed by atoms with Crippen LogP contribution in [0.5, 0.6) is 5.75 Å². The number of rotatable bonds is 9. The van der Waals surface area contributed by atoms with Crippen LogP contribution in [-0.4, -0.2) is 43.3 Å². The molecule has 0 saturated heterocycles. The molecule has 6 nitrogen and oxygen atoms in total. The van der Waals surface area contributed by atoms with E-state index in [-0.39, 0.29) is 17.6 Å².